The fraction of sp³-hybridized carbons (Fsp3) is 0.632. The molecule has 2 fully saturated rings. The smallest absolute Gasteiger partial charge is 0.410 e. The van der Waals surface area contributed by atoms with Crippen LogP contribution in [-0.4, -0.2) is 61.0 Å². The van der Waals surface area contributed by atoms with Crippen molar-refractivity contribution in [2.24, 2.45) is 5.41 Å². The molecule has 1 aromatic rings. The number of carbonyl (C=O) groups is 1. The maximum atomic E-state index is 12.1. The standard InChI is InChI=1S/C19H29N2O3P/c1-18(2,3)24-17(22)21-13-19(14-21)11-20(12-19)10-15-6-8-16(9-7-15)25(4,5)23/h6-9H,10-14H2,1-5H3. The number of carbonyl (C=O) groups excluding carboxylic acids is 1. The molecule has 0 aliphatic carbocycles. The van der Waals surface area contributed by atoms with Crippen LogP contribution in [0.2, 0.25) is 0 Å². The highest BCUT2D eigenvalue weighted by molar-refractivity contribution is 7.70. The third-order valence-corrected chi connectivity index (χ3v) is 6.33. The second-order valence-corrected chi connectivity index (χ2v) is 12.2. The van der Waals surface area contributed by atoms with Gasteiger partial charge in [0.25, 0.3) is 0 Å². The minimum Gasteiger partial charge on any atom is -0.444 e. The van der Waals surface area contributed by atoms with Gasteiger partial charge in [0, 0.05) is 43.4 Å². The largest absolute Gasteiger partial charge is 0.444 e. The minimum absolute atomic E-state index is 0.198. The van der Waals surface area contributed by atoms with E-state index in [2.05, 4.69) is 17.0 Å². The van der Waals surface area contributed by atoms with Gasteiger partial charge in [0.1, 0.15) is 12.7 Å². The van der Waals surface area contributed by atoms with Crippen molar-refractivity contribution < 1.29 is 14.1 Å². The zero-order valence-corrected chi connectivity index (χ0v) is 16.8. The Kier molecular flexibility index (Phi) is 4.53. The number of likely N-dealkylation sites (tertiary alicyclic amines) is 2. The van der Waals surface area contributed by atoms with Gasteiger partial charge in [0.2, 0.25) is 0 Å². The highest BCUT2D eigenvalue weighted by atomic mass is 31.2. The summed E-state index contributed by atoms with van der Waals surface area (Å²) in [4.78, 5) is 16.2. The Morgan fingerprint density at radius 1 is 1.12 bits per heavy atom. The molecule has 1 aromatic carbocycles. The lowest BCUT2D eigenvalue weighted by Crippen LogP contribution is -2.72. The first kappa shape index (κ1) is 18.5. The van der Waals surface area contributed by atoms with Gasteiger partial charge in [-0.2, -0.15) is 0 Å². The highest BCUT2D eigenvalue weighted by Gasteiger charge is 2.53. The van der Waals surface area contributed by atoms with E-state index in [1.165, 1.54) is 5.56 Å². The molecule has 5 nitrogen and oxygen atoms in total. The molecule has 2 saturated heterocycles. The molecular weight excluding hydrogens is 335 g/mol. The topological polar surface area (TPSA) is 49.9 Å². The van der Waals surface area contributed by atoms with Crippen molar-refractivity contribution in [2.45, 2.75) is 32.9 Å². The van der Waals surface area contributed by atoms with Crippen LogP contribution in [0, 0.1) is 5.41 Å². The van der Waals surface area contributed by atoms with E-state index in [1.54, 1.807) is 18.2 Å². The SMILES string of the molecule is CC(C)(C)OC(=O)N1CC2(CN(Cc3ccc(P(C)(C)=O)cc3)C2)C1. The van der Waals surface area contributed by atoms with Crippen LogP contribution in [0.25, 0.3) is 0 Å². The van der Waals surface area contributed by atoms with Crippen molar-refractivity contribution in [1.29, 1.82) is 0 Å². The number of benzene rings is 1. The number of hydrogen-bond acceptors (Lipinski definition) is 4. The van der Waals surface area contributed by atoms with Crippen LogP contribution < -0.4 is 5.30 Å². The van der Waals surface area contributed by atoms with Gasteiger partial charge >= 0.3 is 6.09 Å². The fourth-order valence-corrected chi connectivity index (χ4v) is 4.52. The molecule has 1 spiro atoms. The van der Waals surface area contributed by atoms with Gasteiger partial charge in [-0.05, 0) is 39.7 Å². The Morgan fingerprint density at radius 2 is 1.68 bits per heavy atom. The first-order valence-electron chi connectivity index (χ1n) is 8.81. The predicted molar refractivity (Wildman–Crippen MR) is 101 cm³/mol. The second-order valence-electron chi connectivity index (χ2n) is 9.00. The third kappa shape index (κ3) is 4.27. The molecule has 0 unspecified atom stereocenters. The average Bonchev–Trinajstić information content (AvgIpc) is 2.37. The zero-order valence-electron chi connectivity index (χ0n) is 15.9. The molecule has 25 heavy (non-hydrogen) atoms. The van der Waals surface area contributed by atoms with E-state index in [1.807, 2.05) is 32.9 Å². The molecule has 0 aromatic heterocycles. The van der Waals surface area contributed by atoms with Crippen molar-refractivity contribution in [1.82, 2.24) is 9.80 Å². The van der Waals surface area contributed by atoms with Gasteiger partial charge in [-0.15, -0.1) is 0 Å². The van der Waals surface area contributed by atoms with Crippen molar-refractivity contribution in [3.8, 4) is 0 Å². The maximum Gasteiger partial charge on any atom is 0.410 e. The Balaban J connectivity index is 1.45. The second kappa shape index (κ2) is 6.14. The monoisotopic (exact) mass is 364 g/mol. The van der Waals surface area contributed by atoms with Gasteiger partial charge in [0.05, 0.1) is 0 Å². The maximum absolute atomic E-state index is 12.1. The molecule has 0 N–H and O–H groups in total. The van der Waals surface area contributed by atoms with Crippen LogP contribution in [0.15, 0.2) is 24.3 Å². The molecule has 0 radical (unpaired) electrons. The van der Waals surface area contributed by atoms with Crippen LogP contribution in [0.4, 0.5) is 4.79 Å². The summed E-state index contributed by atoms with van der Waals surface area (Å²) in [5.74, 6) is 0. The van der Waals surface area contributed by atoms with E-state index in [-0.39, 0.29) is 11.5 Å². The van der Waals surface area contributed by atoms with E-state index < -0.39 is 12.7 Å². The summed E-state index contributed by atoms with van der Waals surface area (Å²) in [6.07, 6.45) is -0.198. The normalized spacial score (nSPS) is 20.1. The first-order valence-corrected chi connectivity index (χ1v) is 11.4. The fourth-order valence-electron chi connectivity index (χ4n) is 3.65. The van der Waals surface area contributed by atoms with Crippen molar-refractivity contribution in [2.75, 3.05) is 39.5 Å². The summed E-state index contributed by atoms with van der Waals surface area (Å²) in [6, 6.07) is 8.13. The number of rotatable bonds is 3. The summed E-state index contributed by atoms with van der Waals surface area (Å²) >= 11 is 0. The van der Waals surface area contributed by atoms with Gasteiger partial charge < -0.3 is 14.2 Å². The molecule has 0 bridgehead atoms. The molecule has 0 atom stereocenters. The number of amides is 1. The number of hydrogen-bond donors (Lipinski definition) is 0. The van der Waals surface area contributed by atoms with E-state index >= 15 is 0 Å². The van der Waals surface area contributed by atoms with Crippen molar-refractivity contribution >= 4 is 18.5 Å². The zero-order chi connectivity index (χ0) is 18.5. The Hall–Kier alpha value is -1.32. The van der Waals surface area contributed by atoms with Crippen molar-refractivity contribution in [3.63, 3.8) is 0 Å². The molecule has 2 aliphatic rings. The number of ether oxygens (including phenoxy) is 1. The minimum atomic E-state index is -2.18. The van der Waals surface area contributed by atoms with Crippen LogP contribution in [0.1, 0.15) is 26.3 Å². The van der Waals surface area contributed by atoms with E-state index in [0.717, 1.165) is 38.0 Å². The van der Waals surface area contributed by atoms with Gasteiger partial charge in [-0.25, -0.2) is 4.79 Å². The summed E-state index contributed by atoms with van der Waals surface area (Å²) < 4.78 is 17.5. The van der Waals surface area contributed by atoms with Crippen molar-refractivity contribution in [3.05, 3.63) is 29.8 Å². The molecule has 2 aliphatic heterocycles. The lowest BCUT2D eigenvalue weighted by molar-refractivity contribution is -0.115. The third-order valence-electron chi connectivity index (χ3n) is 4.79. The van der Waals surface area contributed by atoms with Gasteiger partial charge in [-0.1, -0.05) is 24.3 Å². The molecule has 6 heteroatoms. The van der Waals surface area contributed by atoms with Crippen LogP contribution in [0.3, 0.4) is 0 Å². The molecule has 3 rings (SSSR count). The quantitative estimate of drug-likeness (QED) is 0.774. The Bertz CT molecular complexity index is 688. The lowest BCUT2D eigenvalue weighted by atomic mass is 9.73. The molecule has 1 amide bonds. The Morgan fingerprint density at radius 3 is 2.16 bits per heavy atom. The van der Waals surface area contributed by atoms with E-state index in [0.29, 0.717) is 0 Å². The first-order chi connectivity index (χ1) is 11.5. The van der Waals surface area contributed by atoms with E-state index in [4.69, 9.17) is 4.74 Å². The van der Waals surface area contributed by atoms with Gasteiger partial charge in [-0.3, -0.25) is 4.90 Å². The van der Waals surface area contributed by atoms with Crippen LogP contribution in [0.5, 0.6) is 0 Å². The summed E-state index contributed by atoms with van der Waals surface area (Å²) in [5.41, 5.74) is 1.08. The molecule has 2 heterocycles. The number of nitrogens with zero attached hydrogens (tertiary/aromatic N) is 2. The summed E-state index contributed by atoms with van der Waals surface area (Å²) in [6.45, 7) is 13.8. The molecular formula is C19H29N2O3P. The summed E-state index contributed by atoms with van der Waals surface area (Å²) in [5, 5.41) is 0.934. The molecule has 138 valence electrons. The Labute approximate surface area is 150 Å². The lowest BCUT2D eigenvalue weighted by Gasteiger charge is -2.60. The average molecular weight is 364 g/mol. The van der Waals surface area contributed by atoms with Crippen LogP contribution in [-0.2, 0) is 15.8 Å². The highest BCUT2D eigenvalue weighted by Crippen LogP contribution is 2.41. The predicted octanol–water partition coefficient (Wildman–Crippen LogP) is 2.99. The molecule has 0 saturated carbocycles. The van der Waals surface area contributed by atoms with Gasteiger partial charge in [0.15, 0.2) is 0 Å². The summed E-state index contributed by atoms with van der Waals surface area (Å²) in [7, 11) is -2.18. The van der Waals surface area contributed by atoms with E-state index in [9.17, 15) is 9.36 Å². The van der Waals surface area contributed by atoms with Crippen LogP contribution >= 0.6 is 7.14 Å².